The molecule has 2 N–H and O–H groups in total. The van der Waals surface area contributed by atoms with Crippen LogP contribution in [-0.2, 0) is 32.7 Å². The number of hydrazone groups is 1. The van der Waals surface area contributed by atoms with Crippen LogP contribution in [0.2, 0.25) is 0 Å². The summed E-state index contributed by atoms with van der Waals surface area (Å²) in [6.07, 6.45) is 1.43. The molecule has 4 aromatic rings. The number of nitrogens with one attached hydrogen (secondary N) is 2. The van der Waals surface area contributed by atoms with Gasteiger partial charge in [-0.1, -0.05) is 78.9 Å². The maximum atomic E-state index is 13.3. The molecule has 41 heavy (non-hydrogen) atoms. The molecular weight excluding hydrogens is 540 g/mol. The highest BCUT2D eigenvalue weighted by Crippen LogP contribution is 2.18. The Morgan fingerprint density at radius 2 is 1.34 bits per heavy atom. The van der Waals surface area contributed by atoms with E-state index < -0.39 is 22.5 Å². The topological polar surface area (TPSA) is 117 Å². The first-order valence-electron chi connectivity index (χ1n) is 12.8. The fourth-order valence-corrected chi connectivity index (χ4v) is 5.18. The first-order valence-corrected chi connectivity index (χ1v) is 14.3. The van der Waals surface area contributed by atoms with E-state index in [0.29, 0.717) is 17.9 Å². The van der Waals surface area contributed by atoms with Crippen LogP contribution < -0.4 is 15.5 Å². The molecule has 0 aliphatic carbocycles. The first kappa shape index (κ1) is 29.2. The minimum atomic E-state index is -3.93. The van der Waals surface area contributed by atoms with Gasteiger partial charge in [0.25, 0.3) is 11.8 Å². The van der Waals surface area contributed by atoms with Gasteiger partial charge < -0.3 is 10.1 Å². The van der Waals surface area contributed by atoms with Crippen molar-refractivity contribution >= 4 is 28.1 Å². The van der Waals surface area contributed by atoms with Crippen LogP contribution in [0.5, 0.6) is 5.75 Å². The van der Waals surface area contributed by atoms with E-state index >= 15 is 0 Å². The lowest BCUT2D eigenvalue weighted by molar-refractivity contribution is -0.123. The van der Waals surface area contributed by atoms with Crippen LogP contribution in [0.4, 0.5) is 0 Å². The van der Waals surface area contributed by atoms with Crippen LogP contribution in [0.3, 0.4) is 0 Å². The van der Waals surface area contributed by atoms with Crippen molar-refractivity contribution in [1.82, 2.24) is 15.0 Å². The van der Waals surface area contributed by atoms with Gasteiger partial charge >= 0.3 is 0 Å². The van der Waals surface area contributed by atoms with Gasteiger partial charge in [0.2, 0.25) is 10.0 Å². The summed E-state index contributed by atoms with van der Waals surface area (Å²) in [7, 11) is -3.93. The summed E-state index contributed by atoms with van der Waals surface area (Å²) in [5, 5.41) is 6.76. The van der Waals surface area contributed by atoms with E-state index in [2.05, 4.69) is 15.8 Å². The van der Waals surface area contributed by atoms with Crippen LogP contribution in [0, 0.1) is 0 Å². The van der Waals surface area contributed by atoms with Gasteiger partial charge in [0.1, 0.15) is 5.75 Å². The summed E-state index contributed by atoms with van der Waals surface area (Å²) in [4.78, 5) is 24.8. The molecule has 0 saturated heterocycles. The number of hydrogen-bond donors (Lipinski definition) is 2. The average Bonchev–Trinajstić information content (AvgIpc) is 3.01. The van der Waals surface area contributed by atoms with Crippen molar-refractivity contribution in [2.24, 2.45) is 5.10 Å². The van der Waals surface area contributed by atoms with Gasteiger partial charge in [-0.2, -0.15) is 9.41 Å². The van der Waals surface area contributed by atoms with Crippen LogP contribution in [0.15, 0.2) is 125 Å². The molecule has 0 saturated carbocycles. The molecule has 0 radical (unpaired) electrons. The smallest absolute Gasteiger partial charge is 0.258 e. The van der Waals surface area contributed by atoms with Crippen LogP contribution in [-0.4, -0.2) is 43.9 Å². The van der Waals surface area contributed by atoms with Crippen molar-refractivity contribution in [3.8, 4) is 5.75 Å². The summed E-state index contributed by atoms with van der Waals surface area (Å²) in [6, 6.07) is 33.4. The fourth-order valence-electron chi connectivity index (χ4n) is 3.78. The minimum Gasteiger partial charge on any atom is -0.484 e. The molecule has 0 aromatic heterocycles. The number of hydrogen-bond acceptors (Lipinski definition) is 6. The van der Waals surface area contributed by atoms with E-state index in [4.69, 9.17) is 4.74 Å². The second-order valence-electron chi connectivity index (χ2n) is 8.98. The van der Waals surface area contributed by atoms with E-state index in [0.717, 1.165) is 15.4 Å². The molecule has 0 atom stereocenters. The molecule has 10 heteroatoms. The molecular formula is C31H30N4O5S. The van der Waals surface area contributed by atoms with Gasteiger partial charge in [0, 0.05) is 13.1 Å². The van der Waals surface area contributed by atoms with Gasteiger partial charge in [-0.15, -0.1) is 0 Å². The van der Waals surface area contributed by atoms with Gasteiger partial charge in [-0.25, -0.2) is 13.8 Å². The second kappa shape index (κ2) is 14.5. The lowest BCUT2D eigenvalue weighted by Gasteiger charge is -2.21. The number of ether oxygens (including phenoxy) is 1. The van der Waals surface area contributed by atoms with Gasteiger partial charge in [-0.3, -0.25) is 9.59 Å². The Labute approximate surface area is 239 Å². The lowest BCUT2D eigenvalue weighted by Crippen LogP contribution is -2.39. The Morgan fingerprint density at radius 1 is 0.756 bits per heavy atom. The number of carbonyl (C=O) groups excluding carboxylic acids is 2. The lowest BCUT2D eigenvalue weighted by atomic mass is 10.2. The van der Waals surface area contributed by atoms with Crippen molar-refractivity contribution in [2.75, 3.05) is 13.2 Å². The average molecular weight is 571 g/mol. The highest BCUT2D eigenvalue weighted by molar-refractivity contribution is 7.89. The molecule has 9 nitrogen and oxygen atoms in total. The van der Waals surface area contributed by atoms with Crippen molar-refractivity contribution in [3.05, 3.63) is 132 Å². The molecule has 0 aliphatic rings. The number of benzene rings is 4. The minimum absolute atomic E-state index is 0.0287. The zero-order valence-electron chi connectivity index (χ0n) is 22.2. The summed E-state index contributed by atoms with van der Waals surface area (Å²) in [5.41, 5.74) is 4.81. The Bertz CT molecular complexity index is 1550. The molecule has 0 heterocycles. The Balaban J connectivity index is 1.29. The van der Waals surface area contributed by atoms with Crippen molar-refractivity contribution in [3.63, 3.8) is 0 Å². The number of sulfonamides is 1. The third kappa shape index (κ3) is 9.13. The van der Waals surface area contributed by atoms with E-state index in [9.17, 15) is 18.0 Å². The van der Waals surface area contributed by atoms with Gasteiger partial charge in [0.15, 0.2) is 6.61 Å². The summed E-state index contributed by atoms with van der Waals surface area (Å²) in [5.74, 6) is -0.320. The molecule has 2 amide bonds. The molecule has 210 valence electrons. The first-order chi connectivity index (χ1) is 19.9. The number of rotatable bonds is 13. The predicted molar refractivity (Wildman–Crippen MR) is 156 cm³/mol. The standard InChI is InChI=1S/C31H30N4O5S/c36-30(23-35(22-27-12-6-2-7-13-27)41(38,39)29-14-8-3-9-15-29)34-33-21-26-16-18-28(19-17-26)40-24-31(37)32-20-25-10-4-1-5-11-25/h1-19,21H,20,22-24H2,(H,32,37)(H,34,36)/b33-21-. The zero-order valence-corrected chi connectivity index (χ0v) is 23.0. The SMILES string of the molecule is O=C(COc1ccc(/C=N\NC(=O)CN(Cc2ccccc2)S(=O)(=O)c2ccccc2)cc1)NCc1ccccc1. The summed E-state index contributed by atoms with van der Waals surface area (Å²) >= 11 is 0. The monoisotopic (exact) mass is 570 g/mol. The third-order valence-corrected chi connectivity index (χ3v) is 7.69. The Hall–Kier alpha value is -4.80. The highest BCUT2D eigenvalue weighted by atomic mass is 32.2. The predicted octanol–water partition coefficient (Wildman–Crippen LogP) is 3.72. The molecule has 0 bridgehead atoms. The van der Waals surface area contributed by atoms with Gasteiger partial charge in [-0.05, 0) is 53.1 Å². The van der Waals surface area contributed by atoms with Crippen molar-refractivity contribution in [1.29, 1.82) is 0 Å². The van der Waals surface area contributed by atoms with E-state index in [1.807, 2.05) is 48.5 Å². The van der Waals surface area contributed by atoms with E-state index in [1.54, 1.807) is 54.6 Å². The maximum absolute atomic E-state index is 13.3. The maximum Gasteiger partial charge on any atom is 0.258 e. The molecule has 0 spiro atoms. The molecule has 0 unspecified atom stereocenters. The van der Waals surface area contributed by atoms with Crippen molar-refractivity contribution < 1.29 is 22.7 Å². The molecule has 0 fully saturated rings. The normalized spacial score (nSPS) is 11.3. The molecule has 4 aromatic carbocycles. The molecule has 0 aliphatic heterocycles. The molecule has 4 rings (SSSR count). The zero-order chi connectivity index (χ0) is 28.9. The Kier molecular flexibility index (Phi) is 10.4. The van der Waals surface area contributed by atoms with Gasteiger partial charge in [0.05, 0.1) is 17.7 Å². The van der Waals surface area contributed by atoms with Crippen LogP contribution in [0.25, 0.3) is 0 Å². The van der Waals surface area contributed by atoms with E-state index in [1.165, 1.54) is 18.3 Å². The van der Waals surface area contributed by atoms with Crippen LogP contribution >= 0.6 is 0 Å². The number of carbonyl (C=O) groups is 2. The van der Waals surface area contributed by atoms with Crippen molar-refractivity contribution in [2.45, 2.75) is 18.0 Å². The van der Waals surface area contributed by atoms with Crippen LogP contribution in [0.1, 0.15) is 16.7 Å². The highest BCUT2D eigenvalue weighted by Gasteiger charge is 2.26. The largest absolute Gasteiger partial charge is 0.484 e. The fraction of sp³-hybridized carbons (Fsp3) is 0.129. The summed E-state index contributed by atoms with van der Waals surface area (Å²) in [6.45, 7) is -0.0857. The number of amides is 2. The second-order valence-corrected chi connectivity index (χ2v) is 10.9. The Morgan fingerprint density at radius 3 is 1.98 bits per heavy atom. The van der Waals surface area contributed by atoms with E-state index in [-0.39, 0.29) is 24.0 Å². The third-order valence-electron chi connectivity index (χ3n) is 5.89. The number of nitrogens with zero attached hydrogens (tertiary/aromatic N) is 2. The quantitative estimate of drug-likeness (QED) is 0.188. The summed E-state index contributed by atoms with van der Waals surface area (Å²) < 4.78 is 33.2.